The molecule has 0 saturated carbocycles. The molecule has 1 atom stereocenters. The van der Waals surface area contributed by atoms with Gasteiger partial charge >= 0.3 is 0 Å². The highest BCUT2D eigenvalue weighted by atomic mass is 35.5. The van der Waals surface area contributed by atoms with Gasteiger partial charge in [0.05, 0.1) is 0 Å². The zero-order valence-electron chi connectivity index (χ0n) is 14.4. The highest BCUT2D eigenvalue weighted by Gasteiger charge is 2.26. The lowest BCUT2D eigenvalue weighted by Gasteiger charge is -2.27. The highest BCUT2D eigenvalue weighted by molar-refractivity contribution is 6.18. The maximum absolute atomic E-state index is 13.0. The van der Waals surface area contributed by atoms with Crippen LogP contribution in [0.3, 0.4) is 0 Å². The number of carbonyl (C=O) groups excluding carboxylic acids is 2. The van der Waals surface area contributed by atoms with Gasteiger partial charge in [-0.1, -0.05) is 48.5 Å². The summed E-state index contributed by atoms with van der Waals surface area (Å²) in [7, 11) is 0. The van der Waals surface area contributed by atoms with Crippen molar-refractivity contribution in [3.63, 3.8) is 0 Å². The van der Waals surface area contributed by atoms with E-state index in [0.717, 1.165) is 5.56 Å². The summed E-state index contributed by atoms with van der Waals surface area (Å²) < 4.78 is 0. The molecule has 0 heterocycles. The van der Waals surface area contributed by atoms with E-state index in [0.29, 0.717) is 36.8 Å². The Morgan fingerprint density at radius 2 is 1.42 bits per heavy atom. The molecule has 0 aliphatic carbocycles. The summed E-state index contributed by atoms with van der Waals surface area (Å²) in [6, 6.07) is 17.8. The van der Waals surface area contributed by atoms with Gasteiger partial charge in [0.15, 0.2) is 0 Å². The monoisotopic (exact) mass is 392 g/mol. The van der Waals surface area contributed by atoms with Crippen LogP contribution in [0.1, 0.15) is 15.9 Å². The summed E-state index contributed by atoms with van der Waals surface area (Å²) in [4.78, 5) is 27.1. The van der Waals surface area contributed by atoms with Crippen molar-refractivity contribution in [2.24, 2.45) is 0 Å². The van der Waals surface area contributed by atoms with Crippen LogP contribution >= 0.6 is 23.2 Å². The second kappa shape index (κ2) is 10.8. The van der Waals surface area contributed by atoms with Crippen LogP contribution in [0.2, 0.25) is 0 Å². The Morgan fingerprint density at radius 3 is 1.96 bits per heavy atom. The van der Waals surface area contributed by atoms with Crippen molar-refractivity contribution in [2.75, 3.05) is 24.8 Å². The van der Waals surface area contributed by atoms with E-state index in [1.807, 2.05) is 36.4 Å². The first-order chi connectivity index (χ1) is 12.7. The van der Waals surface area contributed by atoms with Crippen LogP contribution in [0.15, 0.2) is 60.7 Å². The molecule has 0 fully saturated rings. The summed E-state index contributed by atoms with van der Waals surface area (Å²) in [5.41, 5.74) is 1.48. The topological polar surface area (TPSA) is 49.4 Å². The molecule has 0 aromatic heterocycles. The second-order valence-electron chi connectivity index (χ2n) is 5.79. The van der Waals surface area contributed by atoms with E-state index in [4.69, 9.17) is 23.2 Å². The van der Waals surface area contributed by atoms with Crippen LogP contribution in [-0.2, 0) is 11.2 Å². The molecule has 0 aliphatic rings. The summed E-state index contributed by atoms with van der Waals surface area (Å²) >= 11 is 11.6. The Labute approximate surface area is 164 Å². The molecule has 4 nitrogen and oxygen atoms in total. The molecule has 0 aliphatic heterocycles. The molecule has 2 rings (SSSR count). The first-order valence-corrected chi connectivity index (χ1v) is 9.53. The Kier molecular flexibility index (Phi) is 8.45. The first-order valence-electron chi connectivity index (χ1n) is 8.46. The van der Waals surface area contributed by atoms with Crippen LogP contribution in [0.25, 0.3) is 0 Å². The van der Waals surface area contributed by atoms with Crippen LogP contribution in [0.4, 0.5) is 0 Å². The van der Waals surface area contributed by atoms with Gasteiger partial charge < -0.3 is 10.2 Å². The predicted molar refractivity (Wildman–Crippen MR) is 106 cm³/mol. The van der Waals surface area contributed by atoms with Crippen LogP contribution in [-0.4, -0.2) is 47.6 Å². The molecule has 2 amide bonds. The van der Waals surface area contributed by atoms with Crippen LogP contribution in [0, 0.1) is 0 Å². The Hall–Kier alpha value is -2.04. The van der Waals surface area contributed by atoms with Gasteiger partial charge in [0, 0.05) is 36.8 Å². The lowest BCUT2D eigenvalue weighted by molar-refractivity contribution is -0.132. The zero-order valence-corrected chi connectivity index (χ0v) is 15.9. The summed E-state index contributed by atoms with van der Waals surface area (Å²) in [5.74, 6) is 0.164. The van der Waals surface area contributed by atoms with E-state index >= 15 is 0 Å². The van der Waals surface area contributed by atoms with Gasteiger partial charge in [-0.3, -0.25) is 9.59 Å². The highest BCUT2D eigenvalue weighted by Crippen LogP contribution is 2.09. The molecule has 6 heteroatoms. The number of benzene rings is 2. The van der Waals surface area contributed by atoms with Crippen molar-refractivity contribution in [2.45, 2.75) is 12.5 Å². The molecule has 26 heavy (non-hydrogen) atoms. The summed E-state index contributed by atoms with van der Waals surface area (Å²) in [5, 5.41) is 2.86. The van der Waals surface area contributed by atoms with Gasteiger partial charge in [0.1, 0.15) is 6.04 Å². The minimum Gasteiger partial charge on any atom is -0.340 e. The van der Waals surface area contributed by atoms with Crippen molar-refractivity contribution in [1.29, 1.82) is 0 Å². The quantitative estimate of drug-likeness (QED) is 0.665. The Balaban J connectivity index is 2.20. The van der Waals surface area contributed by atoms with E-state index in [2.05, 4.69) is 5.32 Å². The van der Waals surface area contributed by atoms with Gasteiger partial charge in [-0.15, -0.1) is 23.2 Å². The van der Waals surface area contributed by atoms with E-state index < -0.39 is 6.04 Å². The van der Waals surface area contributed by atoms with E-state index in [1.54, 1.807) is 29.2 Å². The number of rotatable bonds is 9. The van der Waals surface area contributed by atoms with Gasteiger partial charge in [-0.05, 0) is 17.7 Å². The molecule has 0 unspecified atom stereocenters. The fraction of sp³-hybridized carbons (Fsp3) is 0.300. The average Bonchev–Trinajstić information content (AvgIpc) is 2.68. The number of nitrogens with one attached hydrogen (secondary N) is 1. The van der Waals surface area contributed by atoms with E-state index in [9.17, 15) is 9.59 Å². The average molecular weight is 393 g/mol. The SMILES string of the molecule is O=C(N[C@H](Cc1ccccc1)C(=O)N(CCCl)CCCl)c1ccccc1. The molecule has 2 aromatic rings. The molecule has 0 saturated heterocycles. The van der Waals surface area contributed by atoms with E-state index in [1.165, 1.54) is 0 Å². The third-order valence-electron chi connectivity index (χ3n) is 3.94. The normalized spacial score (nSPS) is 11.6. The molecule has 2 aromatic carbocycles. The van der Waals surface area contributed by atoms with Crippen molar-refractivity contribution in [3.05, 3.63) is 71.8 Å². The molecule has 0 spiro atoms. The number of alkyl halides is 2. The molecule has 1 N–H and O–H groups in total. The predicted octanol–water partition coefficient (Wildman–Crippen LogP) is 3.33. The standard InChI is InChI=1S/C20H22Cl2N2O2/c21-11-13-24(14-12-22)20(26)18(15-16-7-3-1-4-8-16)23-19(25)17-9-5-2-6-10-17/h1-10,18H,11-15H2,(H,23,25)/t18-/m1/s1. The second-order valence-corrected chi connectivity index (χ2v) is 6.54. The molecular formula is C20H22Cl2N2O2. The van der Waals surface area contributed by atoms with Gasteiger partial charge in [-0.2, -0.15) is 0 Å². The third kappa shape index (κ3) is 6.04. The third-order valence-corrected chi connectivity index (χ3v) is 4.28. The van der Waals surface area contributed by atoms with Crippen molar-refractivity contribution in [1.82, 2.24) is 10.2 Å². The molecule has 0 radical (unpaired) electrons. The van der Waals surface area contributed by atoms with Crippen molar-refractivity contribution < 1.29 is 9.59 Å². The number of halogens is 2. The molecular weight excluding hydrogens is 371 g/mol. The largest absolute Gasteiger partial charge is 0.340 e. The maximum atomic E-state index is 13.0. The number of amides is 2. The number of carbonyl (C=O) groups is 2. The van der Waals surface area contributed by atoms with Crippen molar-refractivity contribution in [3.8, 4) is 0 Å². The summed E-state index contributed by atoms with van der Waals surface area (Å²) in [6.07, 6.45) is 0.402. The lowest BCUT2D eigenvalue weighted by Crippen LogP contribution is -2.50. The number of nitrogens with zero attached hydrogens (tertiary/aromatic N) is 1. The molecule has 138 valence electrons. The van der Waals surface area contributed by atoms with Gasteiger partial charge in [-0.25, -0.2) is 0 Å². The Bertz CT molecular complexity index is 689. The lowest BCUT2D eigenvalue weighted by atomic mass is 10.0. The maximum Gasteiger partial charge on any atom is 0.251 e. The van der Waals surface area contributed by atoms with Gasteiger partial charge in [0.2, 0.25) is 5.91 Å². The summed E-state index contributed by atoms with van der Waals surface area (Å²) in [6.45, 7) is 0.777. The van der Waals surface area contributed by atoms with Crippen LogP contribution in [0.5, 0.6) is 0 Å². The number of hydrogen-bond acceptors (Lipinski definition) is 2. The van der Waals surface area contributed by atoms with Gasteiger partial charge in [0.25, 0.3) is 5.91 Å². The minimum absolute atomic E-state index is 0.181. The Morgan fingerprint density at radius 1 is 0.885 bits per heavy atom. The zero-order chi connectivity index (χ0) is 18.8. The fourth-order valence-electron chi connectivity index (χ4n) is 2.64. The molecule has 0 bridgehead atoms. The smallest absolute Gasteiger partial charge is 0.251 e. The first kappa shape index (κ1) is 20.3. The fourth-order valence-corrected chi connectivity index (χ4v) is 3.05. The van der Waals surface area contributed by atoms with Crippen molar-refractivity contribution >= 4 is 35.0 Å². The minimum atomic E-state index is -0.684. The number of hydrogen-bond donors (Lipinski definition) is 1. The van der Waals surface area contributed by atoms with Crippen LogP contribution < -0.4 is 5.32 Å². The van der Waals surface area contributed by atoms with E-state index in [-0.39, 0.29) is 11.8 Å².